The second-order valence-corrected chi connectivity index (χ2v) is 11.4. The minimum atomic E-state index is -4.18. The SMILES string of the molecule is CCS(=O)(=O)Nc1ccc(C2=NN(S(=O)(=O)c3ccc(F)cc3)[C@H](c3cccc(F)c3)C2)cc1. The minimum absolute atomic E-state index is 0.0764. The maximum atomic E-state index is 13.9. The van der Waals surface area contributed by atoms with Gasteiger partial charge in [-0.05, 0) is 66.6 Å². The standard InChI is InChI=1S/C23H21F2N3O4S2/c1-2-33(29,30)27-20-10-6-16(7-11-20)22-15-23(17-4-3-5-19(25)14-17)28(26-22)34(31,32)21-12-8-18(24)9-13-21/h3-14,23,27H,2,15H2,1H3/t23-/m0/s1. The van der Waals surface area contributed by atoms with E-state index in [1.54, 1.807) is 30.3 Å². The molecule has 34 heavy (non-hydrogen) atoms. The van der Waals surface area contributed by atoms with Crippen molar-refractivity contribution in [2.75, 3.05) is 10.5 Å². The average molecular weight is 506 g/mol. The third-order valence-electron chi connectivity index (χ3n) is 5.34. The first-order valence-corrected chi connectivity index (χ1v) is 13.4. The van der Waals surface area contributed by atoms with E-state index in [9.17, 15) is 25.6 Å². The highest BCUT2D eigenvalue weighted by molar-refractivity contribution is 7.92. The fraction of sp³-hybridized carbons (Fsp3) is 0.174. The van der Waals surface area contributed by atoms with E-state index in [1.165, 1.54) is 25.1 Å². The third kappa shape index (κ3) is 4.95. The lowest BCUT2D eigenvalue weighted by Crippen LogP contribution is -2.27. The van der Waals surface area contributed by atoms with Crippen LogP contribution in [0.5, 0.6) is 0 Å². The molecule has 0 radical (unpaired) electrons. The number of nitrogens with zero attached hydrogens (tertiary/aromatic N) is 2. The molecule has 11 heteroatoms. The van der Waals surface area contributed by atoms with Gasteiger partial charge in [-0.2, -0.15) is 17.9 Å². The molecule has 0 bridgehead atoms. The first kappa shape index (κ1) is 23.8. The Balaban J connectivity index is 1.72. The van der Waals surface area contributed by atoms with Crippen LogP contribution in [0.4, 0.5) is 14.5 Å². The van der Waals surface area contributed by atoms with E-state index in [0.717, 1.165) is 28.7 Å². The lowest BCUT2D eigenvalue weighted by atomic mass is 9.99. The van der Waals surface area contributed by atoms with Crippen molar-refractivity contribution >= 4 is 31.4 Å². The molecule has 0 aliphatic carbocycles. The molecule has 0 saturated carbocycles. The Kier molecular flexibility index (Phi) is 6.41. The normalized spacial score (nSPS) is 16.4. The summed E-state index contributed by atoms with van der Waals surface area (Å²) in [6.07, 6.45) is 0.157. The molecule has 1 atom stereocenters. The molecule has 1 N–H and O–H groups in total. The molecule has 0 amide bonds. The van der Waals surface area contributed by atoms with Crippen LogP contribution < -0.4 is 4.72 Å². The predicted octanol–water partition coefficient (Wildman–Crippen LogP) is 4.27. The molecule has 1 aliphatic rings. The van der Waals surface area contributed by atoms with Crippen LogP contribution in [0.3, 0.4) is 0 Å². The third-order valence-corrected chi connectivity index (χ3v) is 8.34. The van der Waals surface area contributed by atoms with Crippen LogP contribution in [0.25, 0.3) is 0 Å². The van der Waals surface area contributed by atoms with E-state index in [1.807, 2.05) is 0 Å². The van der Waals surface area contributed by atoms with Gasteiger partial charge in [0, 0.05) is 12.1 Å². The van der Waals surface area contributed by atoms with Crippen LogP contribution in [0, 0.1) is 11.6 Å². The van der Waals surface area contributed by atoms with Crippen molar-refractivity contribution in [1.82, 2.24) is 4.41 Å². The van der Waals surface area contributed by atoms with E-state index in [2.05, 4.69) is 9.82 Å². The highest BCUT2D eigenvalue weighted by Gasteiger charge is 2.38. The second-order valence-electron chi connectivity index (χ2n) is 7.64. The average Bonchev–Trinajstić information content (AvgIpc) is 3.26. The van der Waals surface area contributed by atoms with Gasteiger partial charge in [-0.1, -0.05) is 24.3 Å². The van der Waals surface area contributed by atoms with Crippen molar-refractivity contribution in [3.63, 3.8) is 0 Å². The summed E-state index contributed by atoms with van der Waals surface area (Å²) in [4.78, 5) is -0.148. The Morgan fingerprint density at radius 1 is 0.941 bits per heavy atom. The maximum absolute atomic E-state index is 13.9. The van der Waals surface area contributed by atoms with Crippen molar-refractivity contribution in [3.8, 4) is 0 Å². The number of nitrogens with one attached hydrogen (secondary N) is 1. The van der Waals surface area contributed by atoms with Crippen LogP contribution in [0.1, 0.15) is 30.5 Å². The molecule has 1 aliphatic heterocycles. The Morgan fingerprint density at radius 3 is 2.24 bits per heavy atom. The molecular formula is C23H21F2N3O4S2. The Morgan fingerprint density at radius 2 is 1.62 bits per heavy atom. The van der Waals surface area contributed by atoms with Gasteiger partial charge in [0.1, 0.15) is 11.6 Å². The molecular weight excluding hydrogens is 484 g/mol. The molecule has 7 nitrogen and oxygen atoms in total. The number of anilines is 1. The van der Waals surface area contributed by atoms with Crippen LogP contribution in [0.2, 0.25) is 0 Å². The summed E-state index contributed by atoms with van der Waals surface area (Å²) in [5.74, 6) is -1.17. The van der Waals surface area contributed by atoms with Gasteiger partial charge in [-0.3, -0.25) is 4.72 Å². The molecule has 3 aromatic rings. The Hall–Kier alpha value is -3.31. The molecule has 0 fully saturated rings. The zero-order chi connectivity index (χ0) is 24.5. The minimum Gasteiger partial charge on any atom is -0.284 e. The van der Waals surface area contributed by atoms with E-state index >= 15 is 0 Å². The summed E-state index contributed by atoms with van der Waals surface area (Å²) in [6, 6.07) is 15.5. The summed E-state index contributed by atoms with van der Waals surface area (Å²) >= 11 is 0. The molecule has 3 aromatic carbocycles. The summed E-state index contributed by atoms with van der Waals surface area (Å²) in [5.41, 5.74) is 1.78. The Bertz CT molecular complexity index is 1440. The van der Waals surface area contributed by atoms with Gasteiger partial charge < -0.3 is 0 Å². The first-order chi connectivity index (χ1) is 16.1. The Labute approximate surface area is 196 Å². The quantitative estimate of drug-likeness (QED) is 0.519. The molecule has 0 unspecified atom stereocenters. The molecule has 0 aromatic heterocycles. The van der Waals surface area contributed by atoms with E-state index in [-0.39, 0.29) is 17.1 Å². The fourth-order valence-electron chi connectivity index (χ4n) is 3.54. The summed E-state index contributed by atoms with van der Waals surface area (Å²) in [5, 5.41) is 4.34. The number of hydrogen-bond donors (Lipinski definition) is 1. The van der Waals surface area contributed by atoms with E-state index in [0.29, 0.717) is 22.5 Å². The van der Waals surface area contributed by atoms with E-state index in [4.69, 9.17) is 0 Å². The van der Waals surface area contributed by atoms with Crippen molar-refractivity contribution in [3.05, 3.63) is 95.6 Å². The number of sulfonamides is 2. The van der Waals surface area contributed by atoms with Gasteiger partial charge >= 0.3 is 0 Å². The lowest BCUT2D eigenvalue weighted by molar-refractivity contribution is 0.370. The second kappa shape index (κ2) is 9.15. The van der Waals surface area contributed by atoms with Gasteiger partial charge in [-0.25, -0.2) is 17.2 Å². The fourth-order valence-corrected chi connectivity index (χ4v) is 5.62. The molecule has 1 heterocycles. The van der Waals surface area contributed by atoms with Crippen LogP contribution in [-0.2, 0) is 20.0 Å². The van der Waals surface area contributed by atoms with Crippen LogP contribution >= 0.6 is 0 Å². The van der Waals surface area contributed by atoms with Crippen molar-refractivity contribution < 1.29 is 25.6 Å². The van der Waals surface area contributed by atoms with Gasteiger partial charge in [0.2, 0.25) is 10.0 Å². The number of benzene rings is 3. The topological polar surface area (TPSA) is 95.9 Å². The highest BCUT2D eigenvalue weighted by atomic mass is 32.2. The summed E-state index contributed by atoms with van der Waals surface area (Å²) < 4.78 is 80.9. The number of rotatable bonds is 7. The number of hydrogen-bond acceptors (Lipinski definition) is 5. The smallest absolute Gasteiger partial charge is 0.279 e. The number of hydrazone groups is 1. The summed E-state index contributed by atoms with van der Waals surface area (Å²) in [6.45, 7) is 1.52. The largest absolute Gasteiger partial charge is 0.284 e. The van der Waals surface area contributed by atoms with Gasteiger partial charge in [0.25, 0.3) is 10.0 Å². The molecule has 178 valence electrons. The highest BCUT2D eigenvalue weighted by Crippen LogP contribution is 2.37. The molecule has 4 rings (SSSR count). The maximum Gasteiger partial charge on any atom is 0.279 e. The summed E-state index contributed by atoms with van der Waals surface area (Å²) in [7, 11) is -7.62. The van der Waals surface area contributed by atoms with Crippen molar-refractivity contribution in [1.29, 1.82) is 0 Å². The van der Waals surface area contributed by atoms with Crippen LogP contribution in [0.15, 0.2) is 82.8 Å². The lowest BCUT2D eigenvalue weighted by Gasteiger charge is -2.23. The zero-order valence-electron chi connectivity index (χ0n) is 18.0. The van der Waals surface area contributed by atoms with Crippen molar-refractivity contribution in [2.24, 2.45) is 5.10 Å². The zero-order valence-corrected chi connectivity index (χ0v) is 19.7. The van der Waals surface area contributed by atoms with Crippen molar-refractivity contribution in [2.45, 2.75) is 24.3 Å². The van der Waals surface area contributed by atoms with Gasteiger partial charge in [0.05, 0.1) is 22.4 Å². The number of halogens is 2. The first-order valence-electron chi connectivity index (χ1n) is 10.3. The van der Waals surface area contributed by atoms with Gasteiger partial charge in [0.15, 0.2) is 0 Å². The molecule has 0 spiro atoms. The monoisotopic (exact) mass is 505 g/mol. The van der Waals surface area contributed by atoms with E-state index < -0.39 is 37.7 Å². The molecule has 0 saturated heterocycles. The predicted molar refractivity (Wildman–Crippen MR) is 125 cm³/mol. The van der Waals surface area contributed by atoms with Gasteiger partial charge in [-0.15, -0.1) is 0 Å². The van der Waals surface area contributed by atoms with Crippen LogP contribution in [-0.4, -0.2) is 32.7 Å².